The van der Waals surface area contributed by atoms with Crippen LogP contribution in [0.2, 0.25) is 0 Å². The minimum Gasteiger partial charge on any atom is -0.489 e. The van der Waals surface area contributed by atoms with Gasteiger partial charge in [0.05, 0.1) is 12.0 Å². The fraction of sp³-hybridized carbons (Fsp3) is 0.474. The Morgan fingerprint density at radius 1 is 1.42 bits per heavy atom. The Bertz CT molecular complexity index is 679. The van der Waals surface area contributed by atoms with E-state index in [1.165, 1.54) is 12.8 Å². The summed E-state index contributed by atoms with van der Waals surface area (Å²) in [6.45, 7) is 4.28. The van der Waals surface area contributed by atoms with E-state index in [9.17, 15) is 4.79 Å². The molecular formula is C19H23N3O2. The lowest BCUT2D eigenvalue weighted by Gasteiger charge is -2.34. The summed E-state index contributed by atoms with van der Waals surface area (Å²) in [4.78, 5) is 19.2. The third kappa shape index (κ3) is 2.58. The largest absolute Gasteiger partial charge is 0.489 e. The van der Waals surface area contributed by atoms with Gasteiger partial charge < -0.3 is 15.0 Å². The maximum absolute atomic E-state index is 12.6. The molecule has 2 unspecified atom stereocenters. The molecule has 5 heteroatoms. The normalized spacial score (nSPS) is 25.1. The molecule has 2 atom stereocenters. The lowest BCUT2D eigenvalue weighted by molar-refractivity contribution is -0.123. The molecule has 5 nitrogen and oxygen atoms in total. The summed E-state index contributed by atoms with van der Waals surface area (Å²) in [5.41, 5.74) is 2.11. The third-order valence-electron chi connectivity index (χ3n) is 5.16. The quantitative estimate of drug-likeness (QED) is 0.865. The van der Waals surface area contributed by atoms with E-state index in [1.807, 2.05) is 18.2 Å². The molecule has 1 aromatic rings. The first-order valence-corrected chi connectivity index (χ1v) is 8.75. The number of nitrogens with one attached hydrogen (secondary N) is 1. The molecule has 0 bridgehead atoms. The van der Waals surface area contributed by atoms with Crippen molar-refractivity contribution in [2.24, 2.45) is 4.99 Å². The number of carbonyl (C=O) groups excluding carboxylic acids is 1. The molecule has 1 aliphatic carbocycles. The van der Waals surface area contributed by atoms with Crippen LogP contribution >= 0.6 is 0 Å². The number of rotatable bonds is 4. The number of hydrogen-bond acceptors (Lipinski definition) is 4. The van der Waals surface area contributed by atoms with Gasteiger partial charge in [-0.3, -0.25) is 9.79 Å². The molecule has 0 saturated heterocycles. The van der Waals surface area contributed by atoms with Gasteiger partial charge in [-0.05, 0) is 25.3 Å². The predicted octanol–water partition coefficient (Wildman–Crippen LogP) is 2.45. The van der Waals surface area contributed by atoms with E-state index in [0.717, 1.165) is 36.3 Å². The van der Waals surface area contributed by atoms with Gasteiger partial charge in [0.1, 0.15) is 18.4 Å². The van der Waals surface area contributed by atoms with Crippen molar-refractivity contribution in [1.29, 1.82) is 0 Å². The van der Waals surface area contributed by atoms with Gasteiger partial charge in [0.25, 0.3) is 0 Å². The zero-order valence-corrected chi connectivity index (χ0v) is 13.8. The highest BCUT2D eigenvalue weighted by molar-refractivity contribution is 5.94. The minimum atomic E-state index is -0.387. The molecule has 0 aromatic heterocycles. The van der Waals surface area contributed by atoms with Crippen LogP contribution in [-0.4, -0.2) is 37.0 Å². The van der Waals surface area contributed by atoms with Gasteiger partial charge in [0, 0.05) is 11.6 Å². The van der Waals surface area contributed by atoms with Gasteiger partial charge in [-0.25, -0.2) is 0 Å². The highest BCUT2D eigenvalue weighted by Crippen LogP contribution is 2.39. The molecule has 24 heavy (non-hydrogen) atoms. The number of anilines is 1. The summed E-state index contributed by atoms with van der Waals surface area (Å²) >= 11 is 0. The van der Waals surface area contributed by atoms with E-state index >= 15 is 0 Å². The van der Waals surface area contributed by atoms with Gasteiger partial charge >= 0.3 is 0 Å². The monoisotopic (exact) mass is 325 g/mol. The minimum absolute atomic E-state index is 0.0277. The Labute approximate surface area is 142 Å². The fourth-order valence-electron chi connectivity index (χ4n) is 3.92. The van der Waals surface area contributed by atoms with E-state index < -0.39 is 0 Å². The SMILES string of the molecule is C=CCc1cccc2c1OCC1C(C(=O)NC3CCCC3)N=CN21. The second-order valence-corrected chi connectivity index (χ2v) is 6.74. The summed E-state index contributed by atoms with van der Waals surface area (Å²) in [7, 11) is 0. The Morgan fingerprint density at radius 3 is 3.04 bits per heavy atom. The summed E-state index contributed by atoms with van der Waals surface area (Å²) in [6.07, 6.45) is 9.02. The van der Waals surface area contributed by atoms with Crippen LogP contribution in [-0.2, 0) is 11.2 Å². The first-order valence-electron chi connectivity index (χ1n) is 8.75. The van der Waals surface area contributed by atoms with Crippen molar-refractivity contribution in [1.82, 2.24) is 5.32 Å². The predicted molar refractivity (Wildman–Crippen MR) is 94.8 cm³/mol. The molecule has 1 saturated carbocycles. The van der Waals surface area contributed by atoms with Crippen LogP contribution in [0.25, 0.3) is 0 Å². The molecule has 2 aliphatic heterocycles. The smallest absolute Gasteiger partial charge is 0.247 e. The average molecular weight is 325 g/mol. The highest BCUT2D eigenvalue weighted by Gasteiger charge is 2.41. The van der Waals surface area contributed by atoms with E-state index in [2.05, 4.69) is 27.9 Å². The molecule has 1 aromatic carbocycles. The summed E-state index contributed by atoms with van der Waals surface area (Å²) in [5.74, 6) is 0.914. The zero-order valence-electron chi connectivity index (χ0n) is 13.8. The van der Waals surface area contributed by atoms with Crippen LogP contribution in [0.1, 0.15) is 31.2 Å². The molecule has 1 N–H and O–H groups in total. The molecule has 3 aliphatic rings. The van der Waals surface area contributed by atoms with Crippen molar-refractivity contribution in [3.05, 3.63) is 36.4 Å². The van der Waals surface area contributed by atoms with Crippen molar-refractivity contribution in [3.63, 3.8) is 0 Å². The van der Waals surface area contributed by atoms with E-state index in [0.29, 0.717) is 12.6 Å². The Kier molecular flexibility index (Phi) is 4.00. The molecule has 1 amide bonds. The Morgan fingerprint density at radius 2 is 2.25 bits per heavy atom. The van der Waals surface area contributed by atoms with Crippen molar-refractivity contribution < 1.29 is 9.53 Å². The van der Waals surface area contributed by atoms with Crippen molar-refractivity contribution >= 4 is 17.9 Å². The molecule has 4 rings (SSSR count). The number of aliphatic imine (C=N–C) groups is 1. The molecule has 0 radical (unpaired) electrons. The van der Waals surface area contributed by atoms with Crippen LogP contribution < -0.4 is 15.0 Å². The number of carbonyl (C=O) groups is 1. The van der Waals surface area contributed by atoms with Crippen LogP contribution in [0.5, 0.6) is 5.75 Å². The van der Waals surface area contributed by atoms with Crippen LogP contribution in [0.4, 0.5) is 5.69 Å². The van der Waals surface area contributed by atoms with Crippen LogP contribution in [0.15, 0.2) is 35.8 Å². The summed E-state index contributed by atoms with van der Waals surface area (Å²) < 4.78 is 6.02. The number of para-hydroxylation sites is 1. The molecule has 0 spiro atoms. The maximum Gasteiger partial charge on any atom is 0.247 e. The highest BCUT2D eigenvalue weighted by atomic mass is 16.5. The molecule has 2 heterocycles. The van der Waals surface area contributed by atoms with Crippen LogP contribution in [0, 0.1) is 0 Å². The lowest BCUT2D eigenvalue weighted by atomic mass is 10.0. The van der Waals surface area contributed by atoms with Gasteiger partial charge in [-0.15, -0.1) is 6.58 Å². The zero-order chi connectivity index (χ0) is 16.5. The van der Waals surface area contributed by atoms with Crippen molar-refractivity contribution in [3.8, 4) is 5.75 Å². The fourth-order valence-corrected chi connectivity index (χ4v) is 3.92. The third-order valence-corrected chi connectivity index (χ3v) is 5.16. The molecule has 126 valence electrons. The van der Waals surface area contributed by atoms with Crippen molar-refractivity contribution in [2.75, 3.05) is 11.5 Å². The summed E-state index contributed by atoms with van der Waals surface area (Å²) in [5, 5.41) is 3.16. The van der Waals surface area contributed by atoms with E-state index in [-0.39, 0.29) is 18.0 Å². The van der Waals surface area contributed by atoms with Gasteiger partial charge in [-0.2, -0.15) is 0 Å². The second kappa shape index (κ2) is 6.30. The number of hydrogen-bond donors (Lipinski definition) is 1. The number of amides is 1. The topological polar surface area (TPSA) is 53.9 Å². The molecule has 1 fully saturated rings. The van der Waals surface area contributed by atoms with Gasteiger partial charge in [0.2, 0.25) is 5.91 Å². The standard InChI is InChI=1S/C19H23N3O2/c1-2-6-13-7-5-10-15-18(13)24-11-16-17(20-12-22(15)16)19(23)21-14-8-3-4-9-14/h2,5,7,10,12,14,16-17H,1,3-4,6,8-9,11H2,(H,21,23). The average Bonchev–Trinajstić information content (AvgIpc) is 3.24. The second-order valence-electron chi connectivity index (χ2n) is 6.74. The number of allylic oxidation sites excluding steroid dienone is 1. The first kappa shape index (κ1) is 15.2. The molecular weight excluding hydrogens is 302 g/mol. The first-order chi connectivity index (χ1) is 11.8. The van der Waals surface area contributed by atoms with Crippen molar-refractivity contribution in [2.45, 2.75) is 50.2 Å². The number of nitrogens with zero attached hydrogens (tertiary/aromatic N) is 2. The van der Waals surface area contributed by atoms with Crippen LogP contribution in [0.3, 0.4) is 0 Å². The number of benzene rings is 1. The van der Waals surface area contributed by atoms with Gasteiger partial charge in [0.15, 0.2) is 6.04 Å². The lowest BCUT2D eigenvalue weighted by Crippen LogP contribution is -2.51. The Balaban J connectivity index is 1.53. The summed E-state index contributed by atoms with van der Waals surface area (Å²) in [6, 6.07) is 5.97. The van der Waals surface area contributed by atoms with E-state index in [1.54, 1.807) is 6.34 Å². The maximum atomic E-state index is 12.6. The number of fused-ring (bicyclic) bond motifs is 3. The van der Waals surface area contributed by atoms with E-state index in [4.69, 9.17) is 4.74 Å². The van der Waals surface area contributed by atoms with Gasteiger partial charge in [-0.1, -0.05) is 31.1 Å². The number of ether oxygens (including phenoxy) is 1. The Hall–Kier alpha value is -2.30.